The van der Waals surface area contributed by atoms with Crippen molar-refractivity contribution in [1.82, 2.24) is 0 Å². The van der Waals surface area contributed by atoms with E-state index in [4.69, 9.17) is 0 Å². The van der Waals surface area contributed by atoms with Gasteiger partial charge in [0.1, 0.15) is 17.7 Å². The second-order valence-electron chi connectivity index (χ2n) is 8.83. The quantitative estimate of drug-likeness (QED) is 0.643. The van der Waals surface area contributed by atoms with E-state index < -0.39 is 29.2 Å². The number of carbonyl (C=O) groups is 2. The zero-order chi connectivity index (χ0) is 19.6. The molecule has 4 aliphatic rings. The summed E-state index contributed by atoms with van der Waals surface area (Å²) in [5, 5.41) is 33.0. The third kappa shape index (κ3) is 2.73. The van der Waals surface area contributed by atoms with Crippen LogP contribution >= 0.6 is 0 Å². The minimum atomic E-state index is -1.42. The number of aliphatic hydroxyl groups excluding tert-OH is 2. The number of nitrogens with zero attached hydrogens (tertiary/aromatic N) is 1. The number of fused-ring (bicyclic) bond motifs is 3. The standard InChI is InChI=1S/C21H27NO5/c1-3-22(2,11-12-4-5-12)16-10-13-6-7-14(23)19(25)17(13)18-20(26)15(24)8-9-21(16,18)27/h6-7,10,12,16,18,20,26-27H,3-5,8-9,11H2,1-2H3/p+1/t16-,18?,20?,21-,22?/m1/s1. The van der Waals surface area contributed by atoms with Gasteiger partial charge in [-0.25, -0.2) is 0 Å². The van der Waals surface area contributed by atoms with Crippen LogP contribution in [0.3, 0.4) is 0 Å². The first kappa shape index (κ1) is 18.6. The fraction of sp³-hybridized carbons (Fsp3) is 0.619. The van der Waals surface area contributed by atoms with Crippen LogP contribution in [-0.2, 0) is 9.59 Å². The summed E-state index contributed by atoms with van der Waals surface area (Å²) in [6.07, 6.45) is 6.17. The molecule has 3 N–H and O–H groups in total. The summed E-state index contributed by atoms with van der Waals surface area (Å²) in [6.45, 7) is 3.82. The Labute approximate surface area is 159 Å². The van der Waals surface area contributed by atoms with Crippen molar-refractivity contribution in [3.8, 4) is 0 Å². The molecular weight excluding hydrogens is 346 g/mol. The molecule has 0 heterocycles. The first-order valence-corrected chi connectivity index (χ1v) is 9.86. The van der Waals surface area contributed by atoms with E-state index in [0.717, 1.165) is 13.1 Å². The maximum atomic E-state index is 12.3. The van der Waals surface area contributed by atoms with E-state index in [1.807, 2.05) is 6.08 Å². The van der Waals surface area contributed by atoms with Crippen molar-refractivity contribution in [2.75, 3.05) is 20.1 Å². The fourth-order valence-corrected chi connectivity index (χ4v) is 5.27. The molecule has 0 aliphatic heterocycles. The first-order chi connectivity index (χ1) is 12.7. The van der Waals surface area contributed by atoms with Gasteiger partial charge in [-0.05, 0) is 43.9 Å². The van der Waals surface area contributed by atoms with Gasteiger partial charge in [0.2, 0.25) is 5.78 Å². The minimum absolute atomic E-state index is 0.0960. The van der Waals surface area contributed by atoms with Gasteiger partial charge in [0.25, 0.3) is 0 Å². The molecule has 0 radical (unpaired) electrons. The summed E-state index contributed by atoms with van der Waals surface area (Å²) in [5.41, 5.74) is -0.532. The van der Waals surface area contributed by atoms with Crippen molar-refractivity contribution in [2.24, 2.45) is 11.8 Å². The van der Waals surface area contributed by atoms with Crippen molar-refractivity contribution in [2.45, 2.75) is 50.4 Å². The van der Waals surface area contributed by atoms with Gasteiger partial charge in [0.05, 0.1) is 26.1 Å². The Kier molecular flexibility index (Phi) is 4.22. The van der Waals surface area contributed by atoms with Gasteiger partial charge >= 0.3 is 0 Å². The lowest BCUT2D eigenvalue weighted by molar-refractivity contribution is -0.934. The van der Waals surface area contributed by atoms with Crippen LogP contribution in [0.2, 0.25) is 0 Å². The average Bonchev–Trinajstić information content (AvgIpc) is 3.45. The van der Waals surface area contributed by atoms with Crippen LogP contribution in [-0.4, -0.2) is 69.3 Å². The molecule has 4 aliphatic carbocycles. The highest BCUT2D eigenvalue weighted by molar-refractivity contribution is 6.05. The molecule has 0 spiro atoms. The Morgan fingerprint density at radius 2 is 1.96 bits per heavy atom. The molecular formula is C21H28NO5+. The summed E-state index contributed by atoms with van der Waals surface area (Å²) in [4.78, 5) is 24.3. The topological polar surface area (TPSA) is 94.8 Å². The molecule has 0 bridgehead atoms. The number of aliphatic hydroxyl groups is 3. The molecule has 4 rings (SSSR count). The van der Waals surface area contributed by atoms with Gasteiger partial charge in [-0.15, -0.1) is 0 Å². The van der Waals surface area contributed by atoms with Gasteiger partial charge in [0, 0.05) is 17.9 Å². The largest absolute Gasteiger partial charge is 0.504 e. The molecule has 146 valence electrons. The van der Waals surface area contributed by atoms with Gasteiger partial charge in [-0.3, -0.25) is 9.59 Å². The molecule has 5 atom stereocenters. The Morgan fingerprint density at radius 3 is 2.59 bits per heavy atom. The number of quaternary nitrogens is 1. The maximum absolute atomic E-state index is 12.3. The maximum Gasteiger partial charge on any atom is 0.220 e. The highest BCUT2D eigenvalue weighted by Crippen LogP contribution is 2.51. The van der Waals surface area contributed by atoms with E-state index in [1.54, 1.807) is 6.08 Å². The average molecular weight is 374 g/mol. The first-order valence-electron chi connectivity index (χ1n) is 9.86. The number of ketones is 2. The second-order valence-corrected chi connectivity index (χ2v) is 8.83. The van der Waals surface area contributed by atoms with E-state index in [-0.39, 0.29) is 30.2 Å². The molecule has 6 nitrogen and oxygen atoms in total. The molecule has 2 fully saturated rings. The van der Waals surface area contributed by atoms with Crippen LogP contribution in [0.4, 0.5) is 0 Å². The predicted molar refractivity (Wildman–Crippen MR) is 98.7 cm³/mol. The Bertz CT molecular complexity index is 792. The minimum Gasteiger partial charge on any atom is -0.504 e. The molecule has 0 amide bonds. The summed E-state index contributed by atoms with van der Waals surface area (Å²) in [7, 11) is 2.12. The van der Waals surface area contributed by atoms with Crippen molar-refractivity contribution in [3.63, 3.8) is 0 Å². The molecule has 27 heavy (non-hydrogen) atoms. The molecule has 0 aromatic carbocycles. The highest BCUT2D eigenvalue weighted by Gasteiger charge is 2.62. The lowest BCUT2D eigenvalue weighted by Gasteiger charge is -2.55. The van der Waals surface area contributed by atoms with Crippen LogP contribution in [0.5, 0.6) is 0 Å². The molecule has 6 heteroatoms. The van der Waals surface area contributed by atoms with Gasteiger partial charge < -0.3 is 19.8 Å². The zero-order valence-electron chi connectivity index (χ0n) is 15.9. The molecule has 0 aromatic heterocycles. The highest BCUT2D eigenvalue weighted by atomic mass is 16.3. The molecule has 0 aromatic rings. The van der Waals surface area contributed by atoms with Gasteiger partial charge in [-0.2, -0.15) is 0 Å². The Hall–Kier alpha value is -1.76. The lowest BCUT2D eigenvalue weighted by atomic mass is 9.60. The summed E-state index contributed by atoms with van der Waals surface area (Å²) in [6, 6.07) is -0.319. The number of carbonyl (C=O) groups excluding carboxylic acids is 2. The second kappa shape index (κ2) is 6.12. The summed E-state index contributed by atoms with van der Waals surface area (Å²) in [5.74, 6) is -1.72. The van der Waals surface area contributed by atoms with E-state index in [1.165, 1.54) is 18.9 Å². The van der Waals surface area contributed by atoms with Crippen molar-refractivity contribution < 1.29 is 29.4 Å². The van der Waals surface area contributed by atoms with Gasteiger partial charge in [0.15, 0.2) is 11.5 Å². The lowest BCUT2D eigenvalue weighted by Crippen LogP contribution is -2.70. The predicted octanol–water partition coefficient (Wildman–Crippen LogP) is 1.19. The molecule has 2 saturated carbocycles. The van der Waals surface area contributed by atoms with Crippen LogP contribution in [0.1, 0.15) is 32.6 Å². The van der Waals surface area contributed by atoms with Crippen LogP contribution in [0, 0.1) is 11.8 Å². The number of Topliss-reactive ketones (excluding diaryl/α,β-unsaturated/α-hetero) is 1. The van der Waals surface area contributed by atoms with E-state index >= 15 is 0 Å². The zero-order valence-corrected chi connectivity index (χ0v) is 15.9. The van der Waals surface area contributed by atoms with E-state index in [9.17, 15) is 24.9 Å². The molecule has 0 saturated heterocycles. The smallest absolute Gasteiger partial charge is 0.220 e. The Balaban J connectivity index is 1.89. The van der Waals surface area contributed by atoms with Crippen molar-refractivity contribution in [1.29, 1.82) is 0 Å². The van der Waals surface area contributed by atoms with Gasteiger partial charge in [-0.1, -0.05) is 6.08 Å². The fourth-order valence-electron chi connectivity index (χ4n) is 5.27. The number of rotatable bonds is 4. The third-order valence-electron chi connectivity index (χ3n) is 7.10. The Morgan fingerprint density at radius 1 is 1.26 bits per heavy atom. The normalized spacial score (nSPS) is 38.2. The SMILES string of the molecule is CC[N+](C)(CC1CC1)[C@@H]1C=C2C=CC(=O)C(O)=C2C2C(O)C(=O)CC[C@]21O. The molecule has 3 unspecified atom stereocenters. The third-order valence-corrected chi connectivity index (χ3v) is 7.10. The summed E-state index contributed by atoms with van der Waals surface area (Å²) < 4.78 is 0.609. The number of hydrogen-bond acceptors (Lipinski definition) is 5. The number of likely N-dealkylation sites (N-methyl/N-ethyl adjacent to an activating group) is 1. The number of hydrogen-bond donors (Lipinski definition) is 3. The van der Waals surface area contributed by atoms with Crippen LogP contribution < -0.4 is 0 Å². The van der Waals surface area contributed by atoms with Crippen LogP contribution in [0.25, 0.3) is 0 Å². The van der Waals surface area contributed by atoms with E-state index in [0.29, 0.717) is 16.0 Å². The monoisotopic (exact) mass is 374 g/mol. The van der Waals surface area contributed by atoms with Crippen molar-refractivity contribution >= 4 is 11.6 Å². The van der Waals surface area contributed by atoms with Crippen LogP contribution in [0.15, 0.2) is 35.1 Å². The van der Waals surface area contributed by atoms with E-state index in [2.05, 4.69) is 14.0 Å². The number of allylic oxidation sites excluding steroid dienone is 3. The summed E-state index contributed by atoms with van der Waals surface area (Å²) >= 11 is 0. The van der Waals surface area contributed by atoms with Crippen molar-refractivity contribution in [3.05, 3.63) is 35.1 Å².